The van der Waals surface area contributed by atoms with E-state index in [0.29, 0.717) is 17.6 Å². The highest BCUT2D eigenvalue weighted by Gasteiger charge is 2.70. The Morgan fingerprint density at radius 1 is 0.447 bits per heavy atom. The fourth-order valence-electron chi connectivity index (χ4n) is 18.7. The molecule has 262 valence electrons. The third-order valence-electron chi connectivity index (χ3n) is 19.9. The molecule has 2 nitrogen and oxygen atoms in total. The minimum Gasteiger partial charge on any atom is -0.374 e. The summed E-state index contributed by atoms with van der Waals surface area (Å²) in [5.74, 6) is 14.8. The van der Waals surface area contributed by atoms with Gasteiger partial charge in [0.05, 0.1) is 12.2 Å². The predicted octanol–water partition coefficient (Wildman–Crippen LogP) is 10.9. The minimum atomic E-state index is 0.597. The van der Waals surface area contributed by atoms with E-state index in [1.54, 1.807) is 83.5 Å². The SMILES string of the molecule is CC1(C)C2CCC3C(C4CCCCC4N3C3CCCC(C4CCC5OC6CCCCC6C5C4)C3)C2C2CCC3C4CCCCC4C3C21. The van der Waals surface area contributed by atoms with Gasteiger partial charge in [0.25, 0.3) is 0 Å². The molecule has 2 aliphatic heterocycles. The molecule has 0 N–H and O–H groups in total. The van der Waals surface area contributed by atoms with E-state index in [-0.39, 0.29) is 0 Å². The molecule has 2 heterocycles. The molecule has 2 saturated heterocycles. The quantitative estimate of drug-likeness (QED) is 0.297. The van der Waals surface area contributed by atoms with Gasteiger partial charge in [0.15, 0.2) is 0 Å². The molecule has 0 bridgehead atoms. The lowest BCUT2D eigenvalue weighted by molar-refractivity contribution is -0.148. The zero-order chi connectivity index (χ0) is 31.0. The van der Waals surface area contributed by atoms with Crippen molar-refractivity contribution < 1.29 is 4.74 Å². The van der Waals surface area contributed by atoms with E-state index in [1.807, 2.05) is 0 Å². The van der Waals surface area contributed by atoms with Crippen LogP contribution in [0, 0.1) is 88.3 Å². The molecule has 0 spiro atoms. The van der Waals surface area contributed by atoms with E-state index in [1.165, 1.54) is 64.2 Å². The van der Waals surface area contributed by atoms with Crippen LogP contribution in [0.5, 0.6) is 0 Å². The van der Waals surface area contributed by atoms with Crippen LogP contribution in [0.25, 0.3) is 0 Å². The first-order valence-corrected chi connectivity index (χ1v) is 22.5. The molecule has 9 aliphatic carbocycles. The van der Waals surface area contributed by atoms with E-state index in [2.05, 4.69) is 18.7 Å². The second-order valence-electron chi connectivity index (χ2n) is 21.3. The van der Waals surface area contributed by atoms with Gasteiger partial charge < -0.3 is 4.74 Å². The molecule has 11 aliphatic rings. The highest BCUT2D eigenvalue weighted by molar-refractivity contribution is 5.19. The molecule has 47 heavy (non-hydrogen) atoms. The number of hydrogen-bond donors (Lipinski definition) is 0. The molecule has 19 atom stereocenters. The van der Waals surface area contributed by atoms with Crippen molar-refractivity contribution in [1.29, 1.82) is 0 Å². The number of fused-ring (bicyclic) bond motifs is 15. The van der Waals surface area contributed by atoms with Gasteiger partial charge in [-0.3, -0.25) is 4.90 Å². The second kappa shape index (κ2) is 11.5. The summed E-state index contributed by atoms with van der Waals surface area (Å²) in [5, 5.41) is 0. The monoisotopic (exact) mass is 642 g/mol. The molecule has 0 aromatic rings. The van der Waals surface area contributed by atoms with Crippen molar-refractivity contribution in [3.8, 4) is 0 Å². The van der Waals surface area contributed by atoms with Crippen LogP contribution in [0.4, 0.5) is 0 Å². The Balaban J connectivity index is 0.854. The third kappa shape index (κ3) is 4.40. The maximum absolute atomic E-state index is 6.75. The molecule has 9 saturated carbocycles. The van der Waals surface area contributed by atoms with Crippen LogP contribution in [0.3, 0.4) is 0 Å². The van der Waals surface area contributed by atoms with Crippen molar-refractivity contribution in [3.05, 3.63) is 0 Å². The smallest absolute Gasteiger partial charge is 0.0611 e. The van der Waals surface area contributed by atoms with Crippen molar-refractivity contribution in [2.24, 2.45) is 88.3 Å². The predicted molar refractivity (Wildman–Crippen MR) is 191 cm³/mol. The highest BCUT2D eigenvalue weighted by atomic mass is 16.5. The molecule has 2 heteroatoms. The third-order valence-corrected chi connectivity index (χ3v) is 19.9. The minimum absolute atomic E-state index is 0.597. The fourth-order valence-corrected chi connectivity index (χ4v) is 18.7. The summed E-state index contributed by atoms with van der Waals surface area (Å²) in [4.78, 5) is 3.41. The molecular formula is C45H71NO. The summed E-state index contributed by atoms with van der Waals surface area (Å²) in [6, 6.07) is 2.82. The number of likely N-dealkylation sites (tertiary alicyclic amines) is 1. The van der Waals surface area contributed by atoms with Gasteiger partial charge in [-0.1, -0.05) is 65.2 Å². The Labute approximate surface area is 289 Å². The Hall–Kier alpha value is -0.0800. The Morgan fingerprint density at radius 3 is 2.04 bits per heavy atom. The summed E-state index contributed by atoms with van der Waals surface area (Å²) in [7, 11) is 0. The lowest BCUT2D eigenvalue weighted by Crippen LogP contribution is -2.57. The van der Waals surface area contributed by atoms with Crippen molar-refractivity contribution in [2.75, 3.05) is 0 Å². The molecular weight excluding hydrogens is 571 g/mol. The van der Waals surface area contributed by atoms with Crippen LogP contribution < -0.4 is 0 Å². The van der Waals surface area contributed by atoms with Gasteiger partial charge in [-0.05, 0) is 185 Å². The van der Waals surface area contributed by atoms with Crippen LogP contribution in [0.15, 0.2) is 0 Å². The number of hydrogen-bond acceptors (Lipinski definition) is 2. The normalized spacial score (nSPS) is 59.2. The largest absolute Gasteiger partial charge is 0.374 e. The Kier molecular flexibility index (Phi) is 7.45. The summed E-state index contributed by atoms with van der Waals surface area (Å²) in [5.41, 5.74) is 0.597. The molecule has 0 aromatic heterocycles. The van der Waals surface area contributed by atoms with E-state index in [9.17, 15) is 0 Å². The van der Waals surface area contributed by atoms with Crippen LogP contribution in [0.1, 0.15) is 162 Å². The number of ether oxygens (including phenoxy) is 1. The summed E-state index contributed by atoms with van der Waals surface area (Å²) in [6.45, 7) is 5.68. The van der Waals surface area contributed by atoms with E-state index in [0.717, 1.165) is 101 Å². The molecule has 19 unspecified atom stereocenters. The first-order chi connectivity index (χ1) is 23.1. The van der Waals surface area contributed by atoms with Gasteiger partial charge in [0.1, 0.15) is 0 Å². The zero-order valence-corrected chi connectivity index (χ0v) is 30.6. The van der Waals surface area contributed by atoms with E-state index < -0.39 is 0 Å². The van der Waals surface area contributed by atoms with Gasteiger partial charge in [-0.15, -0.1) is 0 Å². The summed E-state index contributed by atoms with van der Waals surface area (Å²) < 4.78 is 6.75. The van der Waals surface area contributed by atoms with Crippen LogP contribution >= 0.6 is 0 Å². The second-order valence-corrected chi connectivity index (χ2v) is 21.3. The van der Waals surface area contributed by atoms with Gasteiger partial charge in [0.2, 0.25) is 0 Å². The van der Waals surface area contributed by atoms with Gasteiger partial charge in [-0.2, -0.15) is 0 Å². The first-order valence-electron chi connectivity index (χ1n) is 22.5. The molecule has 11 rings (SSSR count). The van der Waals surface area contributed by atoms with Crippen molar-refractivity contribution in [2.45, 2.75) is 192 Å². The average Bonchev–Trinajstić information content (AvgIpc) is 3.72. The molecule has 11 fully saturated rings. The topological polar surface area (TPSA) is 12.5 Å². The van der Waals surface area contributed by atoms with Crippen LogP contribution in [0.2, 0.25) is 0 Å². The first kappa shape index (κ1) is 30.5. The molecule has 0 radical (unpaired) electrons. The maximum atomic E-state index is 6.75. The van der Waals surface area contributed by atoms with Crippen molar-refractivity contribution >= 4 is 0 Å². The number of rotatable bonds is 2. The van der Waals surface area contributed by atoms with Gasteiger partial charge >= 0.3 is 0 Å². The molecule has 0 aromatic carbocycles. The highest BCUT2D eigenvalue weighted by Crippen LogP contribution is 2.74. The fraction of sp³-hybridized carbons (Fsp3) is 1.00. The zero-order valence-electron chi connectivity index (χ0n) is 30.6. The van der Waals surface area contributed by atoms with Crippen molar-refractivity contribution in [1.82, 2.24) is 4.90 Å². The lowest BCUT2D eigenvalue weighted by atomic mass is 9.42. The van der Waals surface area contributed by atoms with Crippen molar-refractivity contribution in [3.63, 3.8) is 0 Å². The standard InChI is InChI=1S/C45H71NO/c1-45(2)36-21-22-38-43(42(36)34-20-19-32-29-12-3-4-14-31(29)41(32)44(34)45)33-15-5-7-16-37(33)46(38)28-11-9-10-26(24-28)27-18-23-40-35(25-27)30-13-6-8-17-39(30)47-40/h26-44H,3-25H2,1-2H3. The average molecular weight is 642 g/mol. The van der Waals surface area contributed by atoms with E-state index >= 15 is 0 Å². The van der Waals surface area contributed by atoms with Crippen LogP contribution in [-0.2, 0) is 4.74 Å². The van der Waals surface area contributed by atoms with Crippen LogP contribution in [-0.4, -0.2) is 35.2 Å². The van der Waals surface area contributed by atoms with Gasteiger partial charge in [-0.25, -0.2) is 0 Å². The Bertz CT molecular complexity index is 1170. The van der Waals surface area contributed by atoms with E-state index in [4.69, 9.17) is 4.74 Å². The Morgan fingerprint density at radius 2 is 1.15 bits per heavy atom. The van der Waals surface area contributed by atoms with Gasteiger partial charge in [0, 0.05) is 18.1 Å². The lowest BCUT2D eigenvalue weighted by Gasteiger charge is -2.63. The number of nitrogens with zero attached hydrogens (tertiary/aromatic N) is 1. The summed E-state index contributed by atoms with van der Waals surface area (Å²) in [6.07, 6.45) is 36.6. The maximum Gasteiger partial charge on any atom is 0.0611 e. The summed E-state index contributed by atoms with van der Waals surface area (Å²) >= 11 is 0. The molecule has 0 amide bonds.